The van der Waals surface area contributed by atoms with E-state index in [0.717, 1.165) is 0 Å². The summed E-state index contributed by atoms with van der Waals surface area (Å²) in [5.74, 6) is -0.460. The molecule has 0 aliphatic carbocycles. The Hall–Kier alpha value is -2.71. The number of imidazole rings is 1. The van der Waals surface area contributed by atoms with Gasteiger partial charge in [0, 0.05) is 17.2 Å². The first-order chi connectivity index (χ1) is 14.7. The molecule has 2 aromatic carbocycles. The van der Waals surface area contributed by atoms with Gasteiger partial charge in [0.1, 0.15) is 0 Å². The zero-order valence-electron chi connectivity index (χ0n) is 15.4. The highest BCUT2D eigenvalue weighted by Crippen LogP contribution is 2.24. The van der Waals surface area contributed by atoms with E-state index in [4.69, 9.17) is 52.1 Å². The lowest BCUT2D eigenvalue weighted by Crippen LogP contribution is -2.20. The zero-order chi connectivity index (χ0) is 22.3. The largest absolute Gasteiger partial charge is 0.368 e. The van der Waals surface area contributed by atoms with Crippen LogP contribution in [-0.2, 0) is 6.42 Å². The Morgan fingerprint density at radius 3 is 2.16 bits per heavy atom. The van der Waals surface area contributed by atoms with Crippen LogP contribution in [0.5, 0.6) is 0 Å². The number of fused-ring (bicyclic) bond motifs is 1. The monoisotopic (exact) mass is 493 g/mol. The van der Waals surface area contributed by atoms with Crippen LogP contribution < -0.4 is 11.1 Å². The third-order valence-electron chi connectivity index (χ3n) is 4.48. The Labute approximate surface area is 195 Å². The van der Waals surface area contributed by atoms with Crippen LogP contribution in [0.15, 0.2) is 36.4 Å². The number of nitrogens with zero attached hydrogens (tertiary/aromatic N) is 4. The Morgan fingerprint density at radius 1 is 0.903 bits per heavy atom. The van der Waals surface area contributed by atoms with Crippen LogP contribution in [0, 0.1) is 0 Å². The second-order valence-electron chi connectivity index (χ2n) is 6.50. The van der Waals surface area contributed by atoms with Crippen molar-refractivity contribution in [3.63, 3.8) is 0 Å². The van der Waals surface area contributed by atoms with Crippen molar-refractivity contribution in [3.8, 4) is 0 Å². The fraction of sp³-hybridized carbons (Fsp3) is 0.0500. The zero-order valence-corrected chi connectivity index (χ0v) is 18.5. The molecule has 0 aliphatic rings. The van der Waals surface area contributed by atoms with Crippen LogP contribution in [0.25, 0.3) is 11.9 Å². The molecule has 4 aromatic rings. The number of carbonyl (C=O) groups is 2. The van der Waals surface area contributed by atoms with Gasteiger partial charge in [-0.3, -0.25) is 9.59 Å². The van der Waals surface area contributed by atoms with E-state index in [-0.39, 0.29) is 39.8 Å². The third-order valence-corrected chi connectivity index (χ3v) is 5.96. The van der Waals surface area contributed by atoms with Crippen molar-refractivity contribution in [1.82, 2.24) is 19.6 Å². The number of Topliss-reactive ketones (excluding diaryl/α,β-unsaturated/α-hetero) is 2. The van der Waals surface area contributed by atoms with Crippen LogP contribution in [0.3, 0.4) is 0 Å². The lowest BCUT2D eigenvalue weighted by molar-refractivity contribution is 0.0990. The van der Waals surface area contributed by atoms with Gasteiger partial charge >= 0.3 is 0 Å². The van der Waals surface area contributed by atoms with E-state index in [1.165, 1.54) is 40.8 Å². The summed E-state index contributed by atoms with van der Waals surface area (Å²) in [5.41, 5.74) is 6.85. The normalized spacial score (nSPS) is 11.9. The smallest absolute Gasteiger partial charge is 0.257 e. The maximum Gasteiger partial charge on any atom is 0.257 e. The molecule has 0 saturated carbocycles. The van der Waals surface area contributed by atoms with Gasteiger partial charge in [0.15, 0.2) is 11.6 Å². The lowest BCUT2D eigenvalue weighted by atomic mass is 10.1. The van der Waals surface area contributed by atoms with Crippen LogP contribution in [0.1, 0.15) is 26.4 Å². The molecular weight excluding hydrogens is 484 g/mol. The van der Waals surface area contributed by atoms with Gasteiger partial charge in [0.05, 0.1) is 37.6 Å². The van der Waals surface area contributed by atoms with Gasteiger partial charge in [-0.15, -0.1) is 10.2 Å². The first kappa shape index (κ1) is 21.5. The van der Waals surface area contributed by atoms with Gasteiger partial charge in [0.2, 0.25) is 5.95 Å². The molecule has 0 atom stereocenters. The number of rotatable bonds is 5. The maximum atomic E-state index is 12.8. The Balaban J connectivity index is 1.78. The molecule has 0 fully saturated rings. The quantitative estimate of drug-likeness (QED) is 0.418. The van der Waals surface area contributed by atoms with Crippen molar-refractivity contribution >= 4 is 75.8 Å². The Bertz CT molecular complexity index is 1420. The van der Waals surface area contributed by atoms with E-state index in [1.807, 2.05) is 0 Å². The molecule has 0 bridgehead atoms. The summed E-state index contributed by atoms with van der Waals surface area (Å²) in [6.07, 6.45) is 1.18. The second-order valence-corrected chi connectivity index (χ2v) is 8.13. The highest BCUT2D eigenvalue weighted by molar-refractivity contribution is 6.42. The van der Waals surface area contributed by atoms with Gasteiger partial charge in [-0.1, -0.05) is 46.4 Å². The fourth-order valence-electron chi connectivity index (χ4n) is 2.96. The summed E-state index contributed by atoms with van der Waals surface area (Å²) in [4.78, 5) is 30.0. The third kappa shape index (κ3) is 4.22. The molecule has 156 valence electrons. The topological polar surface area (TPSA) is 103 Å². The van der Waals surface area contributed by atoms with Gasteiger partial charge in [-0.2, -0.15) is 0 Å². The molecule has 2 N–H and O–H groups in total. The average molecular weight is 495 g/mol. The molecular formula is C20H11Cl4N5O2. The average Bonchev–Trinajstić information content (AvgIpc) is 3.25. The number of hydrogen-bond donors (Lipinski definition) is 1. The molecule has 0 unspecified atom stereocenters. The minimum atomic E-state index is -0.385. The number of anilines is 1. The van der Waals surface area contributed by atoms with Crippen molar-refractivity contribution in [2.45, 2.75) is 6.42 Å². The minimum absolute atomic E-state index is 0.0314. The molecule has 31 heavy (non-hydrogen) atoms. The highest BCUT2D eigenvalue weighted by Gasteiger charge is 2.18. The second kappa shape index (κ2) is 8.43. The van der Waals surface area contributed by atoms with Crippen molar-refractivity contribution in [3.05, 3.63) is 78.7 Å². The summed E-state index contributed by atoms with van der Waals surface area (Å²) < 4.78 is 1.40. The summed E-state index contributed by atoms with van der Waals surface area (Å²) in [6, 6.07) is 9.07. The molecule has 4 rings (SSSR count). The van der Waals surface area contributed by atoms with Gasteiger partial charge in [-0.05, 0) is 36.4 Å². The molecule has 2 heterocycles. The molecule has 2 aromatic heterocycles. The van der Waals surface area contributed by atoms with E-state index in [2.05, 4.69) is 15.2 Å². The number of nitrogen functional groups attached to an aromatic ring is 1. The van der Waals surface area contributed by atoms with Crippen LogP contribution in [0.4, 0.5) is 5.95 Å². The molecule has 0 radical (unpaired) electrons. The van der Waals surface area contributed by atoms with E-state index >= 15 is 0 Å². The van der Waals surface area contributed by atoms with Crippen molar-refractivity contribution in [2.75, 3.05) is 5.73 Å². The van der Waals surface area contributed by atoms with E-state index in [9.17, 15) is 9.59 Å². The molecule has 0 amide bonds. The van der Waals surface area contributed by atoms with Gasteiger partial charge in [-0.25, -0.2) is 9.38 Å². The minimum Gasteiger partial charge on any atom is -0.368 e. The number of aromatic nitrogens is 4. The van der Waals surface area contributed by atoms with E-state index in [0.29, 0.717) is 32.2 Å². The molecule has 7 nitrogen and oxygen atoms in total. The maximum absolute atomic E-state index is 12.8. The van der Waals surface area contributed by atoms with Crippen LogP contribution >= 0.6 is 46.4 Å². The molecule has 0 saturated heterocycles. The molecule has 11 heteroatoms. The van der Waals surface area contributed by atoms with Crippen molar-refractivity contribution < 1.29 is 9.59 Å². The van der Waals surface area contributed by atoms with Crippen LogP contribution in [-0.4, -0.2) is 31.1 Å². The summed E-state index contributed by atoms with van der Waals surface area (Å²) in [7, 11) is 0. The van der Waals surface area contributed by atoms with Crippen molar-refractivity contribution in [1.29, 1.82) is 0 Å². The van der Waals surface area contributed by atoms with Crippen LogP contribution in [0.2, 0.25) is 20.1 Å². The Kier molecular flexibility index (Phi) is 5.85. The van der Waals surface area contributed by atoms with Crippen molar-refractivity contribution in [2.24, 2.45) is 0 Å². The molecule has 0 spiro atoms. The van der Waals surface area contributed by atoms with E-state index < -0.39 is 0 Å². The summed E-state index contributed by atoms with van der Waals surface area (Å²) in [5, 5.41) is 9.09. The number of hydrogen-bond acceptors (Lipinski definition) is 6. The Morgan fingerprint density at radius 2 is 1.52 bits per heavy atom. The summed E-state index contributed by atoms with van der Waals surface area (Å²) >= 11 is 23.9. The number of halogens is 4. The van der Waals surface area contributed by atoms with E-state index in [1.54, 1.807) is 6.07 Å². The first-order valence-corrected chi connectivity index (χ1v) is 10.2. The standard InChI is InChI=1S/C20H11Cl4N5O2/c21-11-3-1-9(5-13(11)23)17(30)7-15-16(29-19(25)27-28-20(29)26-15)8-18(31)10-2-4-12(22)14(24)6-10/h1-6,8H,7H2,(H2,25,27)/b16-8+. The highest BCUT2D eigenvalue weighted by atomic mass is 35.5. The molecule has 0 aliphatic heterocycles. The van der Waals surface area contributed by atoms with Gasteiger partial charge < -0.3 is 5.73 Å². The summed E-state index contributed by atoms with van der Waals surface area (Å²) in [6.45, 7) is 0. The predicted octanol–water partition coefficient (Wildman–Crippen LogP) is 4.13. The lowest BCUT2D eigenvalue weighted by Gasteiger charge is -2.02. The fourth-order valence-corrected chi connectivity index (χ4v) is 3.55. The number of ketones is 2. The number of carbonyl (C=O) groups excluding carboxylic acids is 2. The number of benzene rings is 2. The predicted molar refractivity (Wildman–Crippen MR) is 120 cm³/mol. The number of nitrogens with two attached hydrogens (primary N) is 1. The first-order valence-electron chi connectivity index (χ1n) is 8.73. The SMILES string of the molecule is Nc1nnc2nc(CC(=O)c3ccc(Cl)c(Cl)c3)/c(=C\C(=O)c3ccc(Cl)c(Cl)c3)n12. The van der Waals surface area contributed by atoms with Gasteiger partial charge in [0.25, 0.3) is 5.78 Å².